The van der Waals surface area contributed by atoms with Gasteiger partial charge in [0.15, 0.2) is 23.0 Å². The van der Waals surface area contributed by atoms with Gasteiger partial charge in [0.2, 0.25) is 24.4 Å². The molecule has 0 bridgehead atoms. The second kappa shape index (κ2) is 8.08. The minimum atomic E-state index is -0.747. The quantitative estimate of drug-likeness (QED) is 0.650. The number of aromatic nitrogens is 2. The summed E-state index contributed by atoms with van der Waals surface area (Å²) in [7, 11) is 1.54. The number of benzene rings is 1. The van der Waals surface area contributed by atoms with Crippen molar-refractivity contribution in [1.29, 1.82) is 0 Å². The number of urea groups is 1. The van der Waals surface area contributed by atoms with Gasteiger partial charge in [-0.05, 0) is 38.1 Å². The number of allylic oxidation sites excluding steroid dienone is 1. The average Bonchev–Trinajstić information content (AvgIpc) is 3.44. The van der Waals surface area contributed by atoms with Crippen LogP contribution in [0.1, 0.15) is 19.7 Å². The van der Waals surface area contributed by atoms with Crippen molar-refractivity contribution in [3.8, 4) is 22.9 Å². The predicted molar refractivity (Wildman–Crippen MR) is 112 cm³/mol. The molecule has 11 nitrogen and oxygen atoms in total. The number of hydrogen-bond acceptors (Lipinski definition) is 9. The fourth-order valence-corrected chi connectivity index (χ4v) is 3.61. The van der Waals surface area contributed by atoms with E-state index in [1.54, 1.807) is 30.4 Å². The number of amides is 3. The topological polar surface area (TPSA) is 126 Å². The lowest BCUT2D eigenvalue weighted by Crippen LogP contribution is -2.46. The minimum Gasteiger partial charge on any atom is -0.493 e. The smallest absolute Gasteiger partial charge is 0.351 e. The van der Waals surface area contributed by atoms with E-state index in [4.69, 9.17) is 23.5 Å². The van der Waals surface area contributed by atoms with Crippen LogP contribution in [0.25, 0.3) is 11.4 Å². The number of ether oxygens (including phenoxy) is 4. The first-order valence-corrected chi connectivity index (χ1v) is 10.2. The van der Waals surface area contributed by atoms with Crippen molar-refractivity contribution in [2.24, 2.45) is 10.9 Å². The van der Waals surface area contributed by atoms with Gasteiger partial charge in [0.1, 0.15) is 12.5 Å². The first-order valence-electron chi connectivity index (χ1n) is 10.2. The molecule has 0 spiro atoms. The van der Waals surface area contributed by atoms with Gasteiger partial charge in [0.05, 0.1) is 18.9 Å². The molecule has 33 heavy (non-hydrogen) atoms. The van der Waals surface area contributed by atoms with Crippen LogP contribution >= 0.6 is 0 Å². The summed E-state index contributed by atoms with van der Waals surface area (Å²) in [4.78, 5) is 34.8. The molecule has 5 rings (SSSR count). The monoisotopic (exact) mass is 452 g/mol. The van der Waals surface area contributed by atoms with Crippen LogP contribution < -0.4 is 9.47 Å². The van der Waals surface area contributed by atoms with Crippen molar-refractivity contribution in [2.45, 2.75) is 26.5 Å². The highest BCUT2D eigenvalue weighted by Gasteiger charge is 2.40. The Morgan fingerprint density at radius 1 is 1.18 bits per heavy atom. The molecule has 3 aliphatic rings. The molecule has 1 saturated heterocycles. The Kier molecular flexibility index (Phi) is 5.08. The van der Waals surface area contributed by atoms with Gasteiger partial charge in [-0.2, -0.15) is 9.98 Å². The Hall–Kier alpha value is -4.15. The number of imide groups is 1. The molecule has 0 N–H and O–H groups in total. The molecule has 0 saturated carbocycles. The first-order chi connectivity index (χ1) is 15.9. The molecule has 0 radical (unpaired) electrons. The molecule has 1 atom stereocenters. The van der Waals surface area contributed by atoms with Crippen molar-refractivity contribution in [2.75, 3.05) is 13.9 Å². The van der Waals surface area contributed by atoms with Gasteiger partial charge in [0, 0.05) is 11.6 Å². The highest BCUT2D eigenvalue weighted by Crippen LogP contribution is 2.33. The van der Waals surface area contributed by atoms with Crippen LogP contribution in [0.15, 0.2) is 51.4 Å². The van der Waals surface area contributed by atoms with Gasteiger partial charge in [-0.3, -0.25) is 9.69 Å². The third kappa shape index (κ3) is 3.81. The zero-order chi connectivity index (χ0) is 23.1. The summed E-state index contributed by atoms with van der Waals surface area (Å²) >= 11 is 0. The second-order valence-corrected chi connectivity index (χ2v) is 7.71. The average molecular weight is 452 g/mol. The number of carbonyl (C=O) groups excluding carboxylic acids is 2. The third-order valence-electron chi connectivity index (χ3n) is 5.12. The lowest BCUT2D eigenvalue weighted by atomic mass is 9.94. The zero-order valence-corrected chi connectivity index (χ0v) is 18.1. The van der Waals surface area contributed by atoms with Crippen LogP contribution in [-0.2, 0) is 20.8 Å². The largest absolute Gasteiger partial charge is 0.493 e. The minimum absolute atomic E-state index is 0.0148. The molecule has 1 aliphatic carbocycles. The summed E-state index contributed by atoms with van der Waals surface area (Å²) in [6.45, 7) is 3.69. The van der Waals surface area contributed by atoms with Crippen LogP contribution in [-0.4, -0.2) is 52.7 Å². The summed E-state index contributed by atoms with van der Waals surface area (Å²) in [6.07, 6.45) is 3.12. The van der Waals surface area contributed by atoms with E-state index in [-0.39, 0.29) is 31.2 Å². The number of hydrogen-bond donors (Lipinski definition) is 0. The predicted octanol–water partition coefficient (Wildman–Crippen LogP) is 2.84. The number of aliphatic imine (C=N–C) groups is 1. The van der Waals surface area contributed by atoms with Crippen LogP contribution in [0.5, 0.6) is 11.5 Å². The van der Waals surface area contributed by atoms with E-state index in [1.165, 1.54) is 7.11 Å². The van der Waals surface area contributed by atoms with Crippen molar-refractivity contribution in [1.82, 2.24) is 15.0 Å². The Balaban J connectivity index is 1.36. The standard InChI is InChI=1S/C22H20N4O7/c1-11(2)32-15-5-4-12(6-16(15)29-3)20-24-19(33-25-20)9-26-21(27)13-7-17-18(31-10-30-17)8-14(13)23-22(26)28/h4-8,11,13H,9-10H2,1-3H3. The maximum absolute atomic E-state index is 13.0. The van der Waals surface area contributed by atoms with E-state index in [0.717, 1.165) is 4.90 Å². The second-order valence-electron chi connectivity index (χ2n) is 7.71. The van der Waals surface area contributed by atoms with E-state index in [2.05, 4.69) is 15.1 Å². The van der Waals surface area contributed by atoms with Gasteiger partial charge >= 0.3 is 6.03 Å². The Bertz CT molecular complexity index is 1230. The molecule has 1 unspecified atom stereocenters. The molecular weight excluding hydrogens is 432 g/mol. The van der Waals surface area contributed by atoms with Crippen molar-refractivity contribution < 1.29 is 33.1 Å². The Morgan fingerprint density at radius 2 is 2.00 bits per heavy atom. The maximum Gasteiger partial charge on any atom is 0.351 e. The number of rotatable bonds is 6. The highest BCUT2D eigenvalue weighted by atomic mass is 16.7. The summed E-state index contributed by atoms with van der Waals surface area (Å²) in [5.74, 6) is 1.20. The van der Waals surface area contributed by atoms with Crippen LogP contribution in [0, 0.1) is 5.92 Å². The lowest BCUT2D eigenvalue weighted by molar-refractivity contribution is -0.130. The van der Waals surface area contributed by atoms with Crippen molar-refractivity contribution in [3.63, 3.8) is 0 Å². The summed E-state index contributed by atoms with van der Waals surface area (Å²) in [6, 6.07) is 4.54. The van der Waals surface area contributed by atoms with E-state index in [1.807, 2.05) is 13.8 Å². The number of carbonyl (C=O) groups is 2. The summed E-state index contributed by atoms with van der Waals surface area (Å²) in [5, 5.41) is 3.97. The molecule has 1 aromatic heterocycles. The van der Waals surface area contributed by atoms with Crippen LogP contribution in [0.3, 0.4) is 0 Å². The van der Waals surface area contributed by atoms with Gasteiger partial charge in [0.25, 0.3) is 0 Å². The molecule has 1 aromatic carbocycles. The lowest BCUT2D eigenvalue weighted by Gasteiger charge is -2.27. The van der Waals surface area contributed by atoms with Gasteiger partial charge < -0.3 is 23.5 Å². The molecule has 1 fully saturated rings. The molecule has 2 aliphatic heterocycles. The van der Waals surface area contributed by atoms with E-state index >= 15 is 0 Å². The Labute approximate surface area is 188 Å². The third-order valence-corrected chi connectivity index (χ3v) is 5.12. The van der Waals surface area contributed by atoms with Crippen LogP contribution in [0.4, 0.5) is 4.79 Å². The molecular formula is C22H20N4O7. The number of fused-ring (bicyclic) bond motifs is 2. The number of nitrogens with zero attached hydrogens (tertiary/aromatic N) is 4. The normalized spacial score (nSPS) is 19.2. The molecule has 170 valence electrons. The molecule has 3 amide bonds. The van der Waals surface area contributed by atoms with Gasteiger partial charge in [-0.15, -0.1) is 0 Å². The SMILES string of the molecule is COc1cc(-c2noc(CN3C(=O)N=C4C=C5OCOC5=CC4C3=O)n2)ccc1OC(C)C. The van der Waals surface area contributed by atoms with Gasteiger partial charge in [-0.1, -0.05) is 5.16 Å². The zero-order valence-electron chi connectivity index (χ0n) is 18.1. The molecule has 11 heteroatoms. The van der Waals surface area contributed by atoms with E-state index < -0.39 is 17.9 Å². The van der Waals surface area contributed by atoms with E-state index in [9.17, 15) is 9.59 Å². The first kappa shape index (κ1) is 20.7. The maximum atomic E-state index is 13.0. The molecule has 2 aromatic rings. The fourth-order valence-electron chi connectivity index (χ4n) is 3.61. The summed E-state index contributed by atoms with van der Waals surface area (Å²) < 4.78 is 27.0. The van der Waals surface area contributed by atoms with Crippen molar-refractivity contribution >= 4 is 17.6 Å². The highest BCUT2D eigenvalue weighted by molar-refractivity contribution is 6.22. The molecule has 3 heterocycles. The van der Waals surface area contributed by atoms with Gasteiger partial charge in [-0.25, -0.2) is 4.79 Å². The Morgan fingerprint density at radius 3 is 2.79 bits per heavy atom. The van der Waals surface area contributed by atoms with Crippen LogP contribution in [0.2, 0.25) is 0 Å². The van der Waals surface area contributed by atoms with E-state index in [0.29, 0.717) is 34.3 Å². The van der Waals surface area contributed by atoms with Crippen molar-refractivity contribution in [3.05, 3.63) is 47.8 Å². The number of methoxy groups -OCH3 is 1. The fraction of sp³-hybridized carbons (Fsp3) is 0.318. The summed E-state index contributed by atoms with van der Waals surface area (Å²) in [5.41, 5.74) is 0.940.